The molecule has 1 heterocycles. The summed E-state index contributed by atoms with van der Waals surface area (Å²) in [5, 5.41) is 2.81. The molecule has 0 bridgehead atoms. The van der Waals surface area contributed by atoms with E-state index in [4.69, 9.17) is 0 Å². The second-order valence-electron chi connectivity index (χ2n) is 5.37. The van der Waals surface area contributed by atoms with Gasteiger partial charge in [-0.3, -0.25) is 4.79 Å². The molecule has 1 aromatic carbocycles. The Morgan fingerprint density at radius 2 is 2.00 bits per heavy atom. The van der Waals surface area contributed by atoms with E-state index in [1.165, 1.54) is 4.31 Å². The molecule has 1 fully saturated rings. The summed E-state index contributed by atoms with van der Waals surface area (Å²) in [6.07, 6.45) is 3.06. The molecule has 5 nitrogen and oxygen atoms in total. The molecule has 1 aromatic rings. The van der Waals surface area contributed by atoms with Crippen LogP contribution in [0.15, 0.2) is 33.6 Å². The van der Waals surface area contributed by atoms with Gasteiger partial charge in [-0.25, -0.2) is 8.42 Å². The summed E-state index contributed by atoms with van der Waals surface area (Å²) in [6, 6.07) is 5.92. The summed E-state index contributed by atoms with van der Waals surface area (Å²) in [7, 11) is -3.65. The summed E-state index contributed by atoms with van der Waals surface area (Å²) in [4.78, 5) is 12.5. The van der Waals surface area contributed by atoms with Crippen LogP contribution in [0.4, 0.5) is 0 Å². The van der Waals surface area contributed by atoms with Crippen LogP contribution in [0.5, 0.6) is 0 Å². The number of rotatable bonds is 5. The number of amides is 1. The van der Waals surface area contributed by atoms with Gasteiger partial charge in [0.1, 0.15) is 6.04 Å². The number of carbonyl (C=O) groups is 1. The third kappa shape index (κ3) is 3.88. The second-order valence-corrected chi connectivity index (χ2v) is 8.18. The van der Waals surface area contributed by atoms with E-state index in [2.05, 4.69) is 21.2 Å². The van der Waals surface area contributed by atoms with Gasteiger partial charge in [-0.05, 0) is 43.5 Å². The van der Waals surface area contributed by atoms with E-state index >= 15 is 0 Å². The van der Waals surface area contributed by atoms with Crippen molar-refractivity contribution in [1.29, 1.82) is 0 Å². The van der Waals surface area contributed by atoms with Crippen molar-refractivity contribution in [3.8, 4) is 0 Å². The normalized spacial score (nSPS) is 19.8. The third-order valence-corrected chi connectivity index (χ3v) is 6.18. The molecule has 0 spiro atoms. The van der Waals surface area contributed by atoms with Crippen LogP contribution in [0.2, 0.25) is 0 Å². The van der Waals surface area contributed by atoms with Gasteiger partial charge in [0.05, 0.1) is 4.90 Å². The van der Waals surface area contributed by atoms with Crippen LogP contribution in [-0.4, -0.2) is 37.8 Å². The van der Waals surface area contributed by atoms with Crippen LogP contribution in [-0.2, 0) is 14.8 Å². The van der Waals surface area contributed by atoms with Gasteiger partial charge in [-0.1, -0.05) is 29.3 Å². The number of hydrogen-bond acceptors (Lipinski definition) is 3. The van der Waals surface area contributed by atoms with Crippen molar-refractivity contribution in [1.82, 2.24) is 9.62 Å². The van der Waals surface area contributed by atoms with Gasteiger partial charge in [0, 0.05) is 17.6 Å². The monoisotopic (exact) mass is 388 g/mol. The molecule has 1 unspecified atom stereocenters. The molecule has 2 rings (SSSR count). The largest absolute Gasteiger partial charge is 0.355 e. The summed E-state index contributed by atoms with van der Waals surface area (Å²) in [5.74, 6) is -0.192. The fourth-order valence-electron chi connectivity index (χ4n) is 2.56. The van der Waals surface area contributed by atoms with Gasteiger partial charge in [-0.15, -0.1) is 0 Å². The fraction of sp³-hybridized carbons (Fsp3) is 0.533. The summed E-state index contributed by atoms with van der Waals surface area (Å²) in [6.45, 7) is 2.93. The zero-order valence-corrected chi connectivity index (χ0v) is 15.0. The van der Waals surface area contributed by atoms with Crippen molar-refractivity contribution >= 4 is 31.9 Å². The maximum Gasteiger partial charge on any atom is 0.243 e. The van der Waals surface area contributed by atoms with Gasteiger partial charge in [0.2, 0.25) is 15.9 Å². The van der Waals surface area contributed by atoms with E-state index in [0.717, 1.165) is 23.7 Å². The topological polar surface area (TPSA) is 66.5 Å². The van der Waals surface area contributed by atoms with Gasteiger partial charge >= 0.3 is 0 Å². The number of carbonyl (C=O) groups excluding carboxylic acids is 1. The highest BCUT2D eigenvalue weighted by Gasteiger charge is 2.37. The quantitative estimate of drug-likeness (QED) is 0.842. The molecule has 1 atom stereocenters. The van der Waals surface area contributed by atoms with Crippen LogP contribution in [0, 0.1) is 0 Å². The smallest absolute Gasteiger partial charge is 0.243 e. The van der Waals surface area contributed by atoms with Crippen LogP contribution < -0.4 is 5.32 Å². The van der Waals surface area contributed by atoms with Gasteiger partial charge in [0.15, 0.2) is 0 Å². The van der Waals surface area contributed by atoms with E-state index in [-0.39, 0.29) is 10.8 Å². The zero-order chi connectivity index (χ0) is 16.2. The lowest BCUT2D eigenvalue weighted by atomic mass is 10.0. The van der Waals surface area contributed by atoms with Crippen molar-refractivity contribution in [2.24, 2.45) is 0 Å². The van der Waals surface area contributed by atoms with Crippen molar-refractivity contribution in [3.05, 3.63) is 28.7 Å². The minimum absolute atomic E-state index is 0.192. The highest BCUT2D eigenvalue weighted by atomic mass is 79.9. The lowest BCUT2D eigenvalue weighted by Crippen LogP contribution is -2.51. The first-order chi connectivity index (χ1) is 10.5. The highest BCUT2D eigenvalue weighted by molar-refractivity contribution is 9.10. The Morgan fingerprint density at radius 3 is 2.64 bits per heavy atom. The first-order valence-electron chi connectivity index (χ1n) is 7.52. The molecule has 1 aliphatic rings. The maximum absolute atomic E-state index is 12.8. The Hall–Kier alpha value is -0.920. The molecule has 1 saturated heterocycles. The molecular weight excluding hydrogens is 368 g/mol. The molecule has 0 aromatic heterocycles. The van der Waals surface area contributed by atoms with E-state index < -0.39 is 16.1 Å². The lowest BCUT2D eigenvalue weighted by Gasteiger charge is -2.33. The number of halogens is 1. The molecule has 0 saturated carbocycles. The van der Waals surface area contributed by atoms with Crippen molar-refractivity contribution in [2.45, 2.75) is 43.5 Å². The summed E-state index contributed by atoms with van der Waals surface area (Å²) >= 11 is 3.30. The van der Waals surface area contributed by atoms with Crippen LogP contribution in [0.3, 0.4) is 0 Å². The molecule has 1 N–H and O–H groups in total. The number of nitrogens with one attached hydrogen (secondary N) is 1. The molecule has 122 valence electrons. The second kappa shape index (κ2) is 7.57. The Kier molecular flexibility index (Phi) is 6.00. The van der Waals surface area contributed by atoms with Crippen LogP contribution in [0.25, 0.3) is 0 Å². The average Bonchev–Trinajstić information content (AvgIpc) is 2.53. The van der Waals surface area contributed by atoms with E-state index in [1.807, 2.05) is 6.92 Å². The Bertz CT molecular complexity index is 616. The number of benzene rings is 1. The molecule has 0 radical (unpaired) electrons. The molecule has 1 aliphatic heterocycles. The molecule has 7 heteroatoms. The minimum Gasteiger partial charge on any atom is -0.355 e. The standard InChI is InChI=1S/C15H21BrN2O3S/c1-2-10-17-15(19)14-5-3-4-11-18(14)22(20,21)13-8-6-12(16)7-9-13/h6-9,14H,2-5,10-11H2,1H3,(H,17,19). The minimum atomic E-state index is -3.65. The van der Waals surface area contributed by atoms with E-state index in [0.29, 0.717) is 19.5 Å². The maximum atomic E-state index is 12.8. The van der Waals surface area contributed by atoms with Crippen LogP contribution >= 0.6 is 15.9 Å². The molecule has 22 heavy (non-hydrogen) atoms. The molecule has 1 amide bonds. The van der Waals surface area contributed by atoms with Crippen molar-refractivity contribution in [3.63, 3.8) is 0 Å². The molecular formula is C15H21BrN2O3S. The van der Waals surface area contributed by atoms with E-state index in [1.54, 1.807) is 24.3 Å². The number of sulfonamides is 1. The average molecular weight is 389 g/mol. The predicted octanol–water partition coefficient (Wildman–Crippen LogP) is 2.52. The summed E-state index contributed by atoms with van der Waals surface area (Å²) in [5.41, 5.74) is 0. The van der Waals surface area contributed by atoms with Gasteiger partial charge < -0.3 is 5.32 Å². The Labute approximate surface area is 140 Å². The molecule has 0 aliphatic carbocycles. The van der Waals surface area contributed by atoms with E-state index in [9.17, 15) is 13.2 Å². The first-order valence-corrected chi connectivity index (χ1v) is 9.75. The van der Waals surface area contributed by atoms with Gasteiger partial charge in [0.25, 0.3) is 0 Å². The van der Waals surface area contributed by atoms with Crippen LogP contribution in [0.1, 0.15) is 32.6 Å². The SMILES string of the molecule is CCCNC(=O)C1CCCCN1S(=O)(=O)c1ccc(Br)cc1. The highest BCUT2D eigenvalue weighted by Crippen LogP contribution is 2.26. The number of hydrogen-bond donors (Lipinski definition) is 1. The first kappa shape index (κ1) is 17.4. The predicted molar refractivity (Wildman–Crippen MR) is 89.0 cm³/mol. The van der Waals surface area contributed by atoms with Gasteiger partial charge in [-0.2, -0.15) is 4.31 Å². The zero-order valence-electron chi connectivity index (χ0n) is 12.6. The van der Waals surface area contributed by atoms with Crippen molar-refractivity contribution < 1.29 is 13.2 Å². The third-order valence-electron chi connectivity index (χ3n) is 3.73. The summed E-state index contributed by atoms with van der Waals surface area (Å²) < 4.78 is 27.8. The number of piperidine rings is 1. The van der Waals surface area contributed by atoms with Crippen molar-refractivity contribution in [2.75, 3.05) is 13.1 Å². The lowest BCUT2D eigenvalue weighted by molar-refractivity contribution is -0.125. The fourth-order valence-corrected chi connectivity index (χ4v) is 4.48. The Morgan fingerprint density at radius 1 is 1.32 bits per heavy atom. The number of nitrogens with zero attached hydrogens (tertiary/aromatic N) is 1. The Balaban J connectivity index is 2.26.